The van der Waals surface area contributed by atoms with Crippen LogP contribution >= 0.6 is 22.6 Å². The van der Waals surface area contributed by atoms with E-state index in [-0.39, 0.29) is 25.7 Å². The van der Waals surface area contributed by atoms with Gasteiger partial charge in [-0.25, -0.2) is 0 Å². The van der Waals surface area contributed by atoms with Crippen molar-refractivity contribution < 1.29 is 27.4 Å². The maximum absolute atomic E-state index is 12.0. The minimum atomic E-state index is -4.36. The molecule has 1 amide bonds. The van der Waals surface area contributed by atoms with Crippen molar-refractivity contribution in [2.75, 3.05) is 31.3 Å². The normalized spacial score (nSPS) is 15.0. The van der Waals surface area contributed by atoms with Crippen LogP contribution in [0.3, 0.4) is 0 Å². The van der Waals surface area contributed by atoms with Crippen LogP contribution in [-0.4, -0.2) is 38.4 Å². The van der Waals surface area contributed by atoms with Crippen LogP contribution in [0.5, 0.6) is 5.75 Å². The molecule has 0 aliphatic carbocycles. The fraction of sp³-hybridized carbons (Fsp3) is 0.417. The second kappa shape index (κ2) is 6.17. The SMILES string of the molecule is O=C1COc2ccc(I)cc2N1CCOCC(F)(F)F. The second-order valence-corrected chi connectivity index (χ2v) is 5.36. The molecular weight excluding hydrogens is 390 g/mol. The molecule has 0 saturated heterocycles. The summed E-state index contributed by atoms with van der Waals surface area (Å²) < 4.78 is 46.6. The average molecular weight is 401 g/mol. The van der Waals surface area contributed by atoms with Gasteiger partial charge in [0.05, 0.1) is 12.3 Å². The van der Waals surface area contributed by atoms with Crippen molar-refractivity contribution in [3.8, 4) is 5.75 Å². The number of amides is 1. The topological polar surface area (TPSA) is 38.8 Å². The Bertz CT molecular complexity index is 507. The number of benzene rings is 1. The lowest BCUT2D eigenvalue weighted by Crippen LogP contribution is -2.41. The van der Waals surface area contributed by atoms with Crippen LogP contribution in [0.25, 0.3) is 0 Å². The van der Waals surface area contributed by atoms with Gasteiger partial charge in [-0.05, 0) is 40.8 Å². The molecule has 110 valence electrons. The van der Waals surface area contributed by atoms with Crippen molar-refractivity contribution in [3.05, 3.63) is 21.8 Å². The highest BCUT2D eigenvalue weighted by molar-refractivity contribution is 14.1. The molecule has 0 aromatic heterocycles. The lowest BCUT2D eigenvalue weighted by molar-refractivity contribution is -0.173. The van der Waals surface area contributed by atoms with E-state index in [0.717, 1.165) is 3.57 Å². The van der Waals surface area contributed by atoms with Gasteiger partial charge in [-0.1, -0.05) is 0 Å². The third-order valence-corrected chi connectivity index (χ3v) is 3.26. The first-order valence-electron chi connectivity index (χ1n) is 5.74. The average Bonchev–Trinajstić information content (AvgIpc) is 2.35. The lowest BCUT2D eigenvalue weighted by atomic mass is 10.2. The number of hydrogen-bond acceptors (Lipinski definition) is 3. The van der Waals surface area contributed by atoms with Crippen LogP contribution < -0.4 is 9.64 Å². The Hall–Kier alpha value is -1.03. The zero-order valence-electron chi connectivity index (χ0n) is 10.2. The number of anilines is 1. The Labute approximate surface area is 127 Å². The predicted molar refractivity (Wildman–Crippen MR) is 73.9 cm³/mol. The summed E-state index contributed by atoms with van der Waals surface area (Å²) in [5.41, 5.74) is 0.559. The van der Waals surface area contributed by atoms with Crippen LogP contribution in [0.15, 0.2) is 18.2 Å². The van der Waals surface area contributed by atoms with Crippen molar-refractivity contribution >= 4 is 34.2 Å². The van der Waals surface area contributed by atoms with Gasteiger partial charge in [-0.2, -0.15) is 13.2 Å². The van der Waals surface area contributed by atoms with Gasteiger partial charge in [0.25, 0.3) is 5.91 Å². The number of nitrogens with zero attached hydrogens (tertiary/aromatic N) is 1. The van der Waals surface area contributed by atoms with Crippen LogP contribution in [0, 0.1) is 3.57 Å². The molecule has 0 radical (unpaired) electrons. The summed E-state index contributed by atoms with van der Waals surface area (Å²) in [5, 5.41) is 0. The summed E-state index contributed by atoms with van der Waals surface area (Å²) in [5.74, 6) is 0.246. The van der Waals surface area contributed by atoms with Gasteiger partial charge in [0.2, 0.25) is 0 Å². The van der Waals surface area contributed by atoms with Crippen molar-refractivity contribution in [1.29, 1.82) is 0 Å². The molecule has 2 rings (SSSR count). The molecule has 1 aromatic rings. The Morgan fingerprint density at radius 3 is 2.85 bits per heavy atom. The van der Waals surface area contributed by atoms with Gasteiger partial charge in [-0.15, -0.1) is 0 Å². The van der Waals surface area contributed by atoms with Crippen LogP contribution in [-0.2, 0) is 9.53 Å². The van der Waals surface area contributed by atoms with E-state index in [1.807, 2.05) is 6.07 Å². The highest BCUT2D eigenvalue weighted by Crippen LogP contribution is 2.33. The second-order valence-electron chi connectivity index (χ2n) is 4.11. The molecule has 1 aliphatic heterocycles. The summed E-state index contributed by atoms with van der Waals surface area (Å²) in [6, 6.07) is 5.30. The molecule has 8 heteroatoms. The van der Waals surface area contributed by atoms with Gasteiger partial charge in [-0.3, -0.25) is 4.79 Å². The van der Waals surface area contributed by atoms with Crippen molar-refractivity contribution in [3.63, 3.8) is 0 Å². The van der Waals surface area contributed by atoms with E-state index in [0.29, 0.717) is 11.4 Å². The molecule has 4 nitrogen and oxygen atoms in total. The highest BCUT2D eigenvalue weighted by atomic mass is 127. The number of rotatable bonds is 4. The Morgan fingerprint density at radius 1 is 1.40 bits per heavy atom. The van der Waals surface area contributed by atoms with Crippen LogP contribution in [0.1, 0.15) is 0 Å². The number of hydrogen-bond donors (Lipinski definition) is 0. The zero-order chi connectivity index (χ0) is 14.8. The minimum Gasteiger partial charge on any atom is -0.482 e. The fourth-order valence-electron chi connectivity index (χ4n) is 1.76. The molecule has 1 aromatic carbocycles. The number of fused-ring (bicyclic) bond motifs is 1. The smallest absolute Gasteiger partial charge is 0.411 e. The van der Waals surface area contributed by atoms with E-state index in [9.17, 15) is 18.0 Å². The molecule has 0 N–H and O–H groups in total. The standard InChI is InChI=1S/C12H11F3INO3/c13-12(14,15)7-19-4-3-17-9-5-8(16)1-2-10(9)20-6-11(17)18/h1-2,5H,3-4,6-7H2. The zero-order valence-corrected chi connectivity index (χ0v) is 12.4. The first kappa shape index (κ1) is 15.4. The van der Waals surface area contributed by atoms with Crippen LogP contribution in [0.4, 0.5) is 18.9 Å². The first-order valence-corrected chi connectivity index (χ1v) is 6.82. The maximum Gasteiger partial charge on any atom is 0.411 e. The predicted octanol–water partition coefficient (Wildman–Crippen LogP) is 2.60. The number of alkyl halides is 3. The molecule has 1 aliphatic rings. The van der Waals surface area contributed by atoms with Gasteiger partial charge in [0.1, 0.15) is 12.4 Å². The summed E-state index contributed by atoms with van der Waals surface area (Å²) in [6.07, 6.45) is -4.36. The van der Waals surface area contributed by atoms with E-state index < -0.39 is 12.8 Å². The molecule has 0 bridgehead atoms. The summed E-state index contributed by atoms with van der Waals surface area (Å²) in [6.45, 7) is -1.56. The molecule has 0 unspecified atom stereocenters. The quantitative estimate of drug-likeness (QED) is 0.576. The Morgan fingerprint density at radius 2 is 2.15 bits per heavy atom. The van der Waals surface area contributed by atoms with Crippen molar-refractivity contribution in [2.45, 2.75) is 6.18 Å². The van der Waals surface area contributed by atoms with Gasteiger partial charge in [0.15, 0.2) is 6.61 Å². The third-order valence-electron chi connectivity index (χ3n) is 2.59. The minimum absolute atomic E-state index is 0.0609. The van der Waals surface area contributed by atoms with E-state index in [1.54, 1.807) is 12.1 Å². The van der Waals surface area contributed by atoms with E-state index in [1.165, 1.54) is 4.90 Å². The number of halogens is 4. The largest absolute Gasteiger partial charge is 0.482 e. The van der Waals surface area contributed by atoms with E-state index in [4.69, 9.17) is 4.74 Å². The third kappa shape index (κ3) is 3.98. The van der Waals surface area contributed by atoms with E-state index >= 15 is 0 Å². The molecule has 1 heterocycles. The van der Waals surface area contributed by atoms with Gasteiger partial charge < -0.3 is 14.4 Å². The van der Waals surface area contributed by atoms with Crippen molar-refractivity contribution in [2.24, 2.45) is 0 Å². The number of carbonyl (C=O) groups is 1. The van der Waals surface area contributed by atoms with Gasteiger partial charge in [0, 0.05) is 10.1 Å². The maximum atomic E-state index is 12.0. The Balaban J connectivity index is 2.01. The Kier molecular flexibility index (Phi) is 4.74. The highest BCUT2D eigenvalue weighted by Gasteiger charge is 2.29. The number of carbonyl (C=O) groups excluding carboxylic acids is 1. The van der Waals surface area contributed by atoms with Crippen molar-refractivity contribution in [1.82, 2.24) is 0 Å². The van der Waals surface area contributed by atoms with Crippen LogP contribution in [0.2, 0.25) is 0 Å². The monoisotopic (exact) mass is 401 g/mol. The van der Waals surface area contributed by atoms with E-state index in [2.05, 4.69) is 27.3 Å². The summed E-state index contributed by atoms with van der Waals surface area (Å²) >= 11 is 2.08. The molecule has 0 atom stereocenters. The lowest BCUT2D eigenvalue weighted by Gasteiger charge is -2.29. The molecule has 0 fully saturated rings. The summed E-state index contributed by atoms with van der Waals surface area (Å²) in [7, 11) is 0. The molecule has 0 spiro atoms. The molecular formula is C12H11F3INO3. The summed E-state index contributed by atoms with van der Waals surface area (Å²) in [4.78, 5) is 13.2. The fourth-order valence-corrected chi connectivity index (χ4v) is 2.24. The van der Waals surface area contributed by atoms with Gasteiger partial charge >= 0.3 is 6.18 Å². The number of ether oxygens (including phenoxy) is 2. The molecule has 0 saturated carbocycles. The first-order chi connectivity index (χ1) is 9.37. The molecule has 20 heavy (non-hydrogen) atoms.